The van der Waals surface area contributed by atoms with Gasteiger partial charge in [-0.15, -0.1) is 0 Å². The minimum atomic E-state index is -1.14. The van der Waals surface area contributed by atoms with E-state index in [2.05, 4.69) is 31.4 Å². The third kappa shape index (κ3) is 4.64. The molecule has 3 saturated heterocycles. The van der Waals surface area contributed by atoms with Gasteiger partial charge in [0.15, 0.2) is 0 Å². The molecule has 3 amide bonds. The summed E-state index contributed by atoms with van der Waals surface area (Å²) in [5, 5.41) is 16.4. The van der Waals surface area contributed by atoms with Crippen LogP contribution in [-0.2, 0) is 19.1 Å². The minimum Gasteiger partial charge on any atom is -0.394 e. The zero-order valence-corrected chi connectivity index (χ0v) is 24.1. The fraction of sp³-hybridized carbons (Fsp3) is 0.700. The number of aliphatic hydroxyl groups excluding tert-OH is 1. The molecule has 2 bridgehead atoms. The number of hydrogen-bond donors (Lipinski definition) is 3. The van der Waals surface area contributed by atoms with Crippen LogP contribution in [0.4, 0.5) is 5.69 Å². The van der Waals surface area contributed by atoms with Gasteiger partial charge in [-0.2, -0.15) is 0 Å². The predicted molar refractivity (Wildman–Crippen MR) is 146 cm³/mol. The Hall–Kier alpha value is -2.45. The summed E-state index contributed by atoms with van der Waals surface area (Å²) in [6.45, 7) is 15.9. The number of nitrogens with zero attached hydrogens (tertiary/aromatic N) is 1. The van der Waals surface area contributed by atoms with Gasteiger partial charge in [0.05, 0.1) is 30.1 Å². The second kappa shape index (κ2) is 9.63. The number of para-hydroxylation sites is 1. The normalized spacial score (nSPS) is 33.3. The van der Waals surface area contributed by atoms with E-state index < -0.39 is 40.7 Å². The second-order valence-electron chi connectivity index (χ2n) is 13.7. The van der Waals surface area contributed by atoms with Crippen LogP contribution in [0.25, 0.3) is 0 Å². The number of nitrogens with one attached hydrogen (secondary N) is 2. The lowest BCUT2D eigenvalue weighted by atomic mass is 9.62. The van der Waals surface area contributed by atoms with Gasteiger partial charge in [0, 0.05) is 11.2 Å². The Morgan fingerprint density at radius 2 is 1.79 bits per heavy atom. The molecule has 38 heavy (non-hydrogen) atoms. The van der Waals surface area contributed by atoms with Crippen LogP contribution in [0.1, 0.15) is 74.7 Å². The van der Waals surface area contributed by atoms with E-state index in [1.807, 2.05) is 65.0 Å². The van der Waals surface area contributed by atoms with Gasteiger partial charge in [-0.05, 0) is 63.5 Å². The Morgan fingerprint density at radius 3 is 2.34 bits per heavy atom. The molecule has 1 spiro atoms. The molecule has 4 rings (SSSR count). The Morgan fingerprint density at radius 1 is 1.16 bits per heavy atom. The van der Waals surface area contributed by atoms with Gasteiger partial charge in [0.25, 0.3) is 0 Å². The summed E-state index contributed by atoms with van der Waals surface area (Å²) in [5.74, 6) is -2.49. The van der Waals surface area contributed by atoms with Gasteiger partial charge in [-0.1, -0.05) is 52.8 Å². The molecule has 210 valence electrons. The fourth-order valence-electron chi connectivity index (χ4n) is 7.70. The number of likely N-dealkylation sites (tertiary alicyclic amines) is 1. The van der Waals surface area contributed by atoms with Crippen molar-refractivity contribution in [2.75, 3.05) is 11.9 Å². The maximum Gasteiger partial charge on any atom is 0.246 e. The summed E-state index contributed by atoms with van der Waals surface area (Å²) < 4.78 is 6.78. The molecule has 3 heterocycles. The second-order valence-corrected chi connectivity index (χ2v) is 13.7. The summed E-state index contributed by atoms with van der Waals surface area (Å²) in [6.07, 6.45) is 1.70. The molecule has 8 heteroatoms. The predicted octanol–water partition coefficient (Wildman–Crippen LogP) is 3.74. The SMILES string of the molecule is CC[C@@H](CO)N1C(=O)[C@@H]2[C@@H](C(=O)Nc3ccccc3)[C@]3(C)OC2(CC3C)C1C(=O)NC(C)(C)CC(C)(C)C. The molecule has 7 atom stereocenters. The van der Waals surface area contributed by atoms with Crippen molar-refractivity contribution in [2.45, 2.75) is 103 Å². The standard InChI is InChI=1S/C30H45N3O5/c1-9-20(16-34)33-23(25(36)32-28(6,7)17-27(3,4)5)30-15-18(2)29(8,38-30)21(22(30)26(33)37)24(35)31-19-13-11-10-12-14-19/h10-14,18,20-23,34H,9,15-17H2,1-8H3,(H,31,35)(H,32,36)/t18?,20-,21-,22-,23?,29+,30?/m0/s1. The number of carbonyl (C=O) groups excluding carboxylic acids is 3. The molecule has 0 aliphatic carbocycles. The number of fused-ring (bicyclic) bond motifs is 1. The van der Waals surface area contributed by atoms with Gasteiger partial charge >= 0.3 is 0 Å². The minimum absolute atomic E-state index is 0.0231. The number of rotatable bonds is 8. The van der Waals surface area contributed by atoms with Crippen molar-refractivity contribution in [1.82, 2.24) is 10.2 Å². The third-order valence-electron chi connectivity index (χ3n) is 8.83. The van der Waals surface area contributed by atoms with Gasteiger partial charge in [-0.25, -0.2) is 0 Å². The van der Waals surface area contributed by atoms with Gasteiger partial charge in [0.2, 0.25) is 17.7 Å². The summed E-state index contributed by atoms with van der Waals surface area (Å²) in [5.41, 5.74) is -1.95. The monoisotopic (exact) mass is 527 g/mol. The maximum absolute atomic E-state index is 14.2. The van der Waals surface area contributed by atoms with Crippen LogP contribution in [-0.4, -0.2) is 63.2 Å². The lowest BCUT2D eigenvalue weighted by Crippen LogP contribution is -2.61. The summed E-state index contributed by atoms with van der Waals surface area (Å²) >= 11 is 0. The van der Waals surface area contributed by atoms with Crippen molar-refractivity contribution < 1.29 is 24.2 Å². The smallest absolute Gasteiger partial charge is 0.246 e. The van der Waals surface area contributed by atoms with E-state index in [0.29, 0.717) is 18.5 Å². The number of carbonyl (C=O) groups is 3. The number of benzene rings is 1. The van der Waals surface area contributed by atoms with Crippen molar-refractivity contribution >= 4 is 23.4 Å². The first kappa shape index (κ1) is 28.6. The average molecular weight is 528 g/mol. The van der Waals surface area contributed by atoms with Crippen LogP contribution in [0.2, 0.25) is 0 Å². The van der Waals surface area contributed by atoms with Crippen molar-refractivity contribution in [1.29, 1.82) is 0 Å². The van der Waals surface area contributed by atoms with Gasteiger partial charge in [-0.3, -0.25) is 14.4 Å². The number of ether oxygens (including phenoxy) is 1. The lowest BCUT2D eigenvalue weighted by molar-refractivity contribution is -0.150. The molecule has 3 aliphatic rings. The molecule has 8 nitrogen and oxygen atoms in total. The Kier molecular flexibility index (Phi) is 7.24. The van der Waals surface area contributed by atoms with Crippen LogP contribution in [0.3, 0.4) is 0 Å². The molecule has 0 saturated carbocycles. The third-order valence-corrected chi connectivity index (χ3v) is 8.83. The van der Waals surface area contributed by atoms with Crippen LogP contribution in [0.15, 0.2) is 30.3 Å². The molecular weight excluding hydrogens is 482 g/mol. The Bertz CT molecular complexity index is 1080. The van der Waals surface area contributed by atoms with Crippen LogP contribution >= 0.6 is 0 Å². The van der Waals surface area contributed by atoms with Crippen LogP contribution in [0.5, 0.6) is 0 Å². The largest absolute Gasteiger partial charge is 0.394 e. The summed E-state index contributed by atoms with van der Waals surface area (Å²) in [7, 11) is 0. The number of amides is 3. The first-order chi connectivity index (χ1) is 17.6. The quantitative estimate of drug-likeness (QED) is 0.477. The van der Waals surface area contributed by atoms with Crippen molar-refractivity contribution in [3.63, 3.8) is 0 Å². The zero-order valence-electron chi connectivity index (χ0n) is 24.1. The highest BCUT2D eigenvalue weighted by atomic mass is 16.5. The van der Waals surface area contributed by atoms with Crippen LogP contribution in [0, 0.1) is 23.2 Å². The highest BCUT2D eigenvalue weighted by molar-refractivity contribution is 6.02. The van der Waals surface area contributed by atoms with E-state index in [4.69, 9.17) is 4.74 Å². The van der Waals surface area contributed by atoms with Gasteiger partial charge in [0.1, 0.15) is 11.6 Å². The van der Waals surface area contributed by atoms with E-state index in [9.17, 15) is 19.5 Å². The molecule has 1 aromatic carbocycles. The van der Waals surface area contributed by atoms with E-state index >= 15 is 0 Å². The molecular formula is C30H45N3O5. The highest BCUT2D eigenvalue weighted by Crippen LogP contribution is 2.65. The van der Waals surface area contributed by atoms with E-state index in [1.54, 1.807) is 0 Å². The summed E-state index contributed by atoms with van der Waals surface area (Å²) in [6, 6.07) is 7.69. The van der Waals surface area contributed by atoms with E-state index in [0.717, 1.165) is 6.42 Å². The molecule has 1 aromatic rings. The molecule has 3 unspecified atom stereocenters. The number of hydrogen-bond acceptors (Lipinski definition) is 5. The molecule has 3 aliphatic heterocycles. The number of anilines is 1. The lowest BCUT2D eigenvalue weighted by Gasteiger charge is -2.40. The fourth-order valence-corrected chi connectivity index (χ4v) is 7.70. The first-order valence-electron chi connectivity index (χ1n) is 13.9. The van der Waals surface area contributed by atoms with Crippen molar-refractivity contribution in [3.05, 3.63) is 30.3 Å². The van der Waals surface area contributed by atoms with Crippen molar-refractivity contribution in [2.24, 2.45) is 23.2 Å². The average Bonchev–Trinajstić information content (AvgIpc) is 3.30. The number of aliphatic hydroxyl groups is 1. The maximum atomic E-state index is 14.2. The first-order valence-corrected chi connectivity index (χ1v) is 13.9. The van der Waals surface area contributed by atoms with E-state index in [1.165, 1.54) is 4.90 Å². The summed E-state index contributed by atoms with van der Waals surface area (Å²) in [4.78, 5) is 43.7. The molecule has 0 aromatic heterocycles. The Balaban J connectivity index is 1.76. The van der Waals surface area contributed by atoms with E-state index in [-0.39, 0.29) is 35.7 Å². The molecule has 3 fully saturated rings. The molecule has 0 radical (unpaired) electrons. The van der Waals surface area contributed by atoms with Gasteiger partial charge < -0.3 is 25.4 Å². The van der Waals surface area contributed by atoms with Crippen LogP contribution < -0.4 is 10.6 Å². The molecule has 3 N–H and O–H groups in total. The highest BCUT2D eigenvalue weighted by Gasteiger charge is 2.80. The Labute approximate surface area is 226 Å². The van der Waals surface area contributed by atoms with Crippen molar-refractivity contribution in [3.8, 4) is 0 Å². The zero-order chi connectivity index (χ0) is 28.3. The topological polar surface area (TPSA) is 108 Å².